The molecule has 2 aliphatic rings. The number of rotatable bonds is 4. The molecule has 0 aromatic carbocycles. The Kier molecular flexibility index (Phi) is 5.65. The summed E-state index contributed by atoms with van der Waals surface area (Å²) in [7, 11) is 1.89. The molecule has 0 spiro atoms. The number of carbonyl (C=O) groups is 1. The molecule has 1 aliphatic carbocycles. The lowest BCUT2D eigenvalue weighted by atomic mass is 9.84. The first-order valence-corrected chi connectivity index (χ1v) is 11.0. The molecule has 1 saturated heterocycles. The van der Waals surface area contributed by atoms with Gasteiger partial charge in [-0.2, -0.15) is 5.10 Å². The summed E-state index contributed by atoms with van der Waals surface area (Å²) in [5, 5.41) is 9.19. The van der Waals surface area contributed by atoms with Gasteiger partial charge in [-0.1, -0.05) is 0 Å². The molecule has 5 rings (SSSR count). The molecule has 0 radical (unpaired) electrons. The highest BCUT2D eigenvalue weighted by atomic mass is 16.5. The Labute approximate surface area is 181 Å². The van der Waals surface area contributed by atoms with Crippen molar-refractivity contribution < 1.29 is 9.53 Å². The maximum Gasteiger partial charge on any atom is 0.228 e. The van der Waals surface area contributed by atoms with Gasteiger partial charge in [0.2, 0.25) is 5.91 Å². The van der Waals surface area contributed by atoms with E-state index >= 15 is 0 Å². The maximum atomic E-state index is 12.9. The predicted molar refractivity (Wildman–Crippen MR) is 119 cm³/mol. The Bertz CT molecular complexity index is 1070. The molecule has 2 fully saturated rings. The van der Waals surface area contributed by atoms with Crippen molar-refractivity contribution in [3.63, 3.8) is 0 Å². The molecule has 8 heteroatoms. The van der Waals surface area contributed by atoms with Crippen LogP contribution in [0.1, 0.15) is 25.7 Å². The lowest BCUT2D eigenvalue weighted by molar-refractivity contribution is -0.121. The summed E-state index contributed by atoms with van der Waals surface area (Å²) < 4.78 is 7.22. The minimum Gasteiger partial charge on any atom is -0.379 e. The number of hydrogen-bond donors (Lipinski definition) is 1. The smallest absolute Gasteiger partial charge is 0.228 e. The van der Waals surface area contributed by atoms with E-state index in [1.165, 1.54) is 0 Å². The Hall–Kier alpha value is -2.84. The van der Waals surface area contributed by atoms with Crippen LogP contribution in [0.4, 0.5) is 5.82 Å². The van der Waals surface area contributed by atoms with E-state index in [9.17, 15) is 4.79 Å². The highest BCUT2D eigenvalue weighted by Crippen LogP contribution is 2.29. The topological polar surface area (TPSA) is 85.2 Å². The van der Waals surface area contributed by atoms with Crippen LogP contribution in [-0.4, -0.2) is 62.9 Å². The molecule has 1 saturated carbocycles. The van der Waals surface area contributed by atoms with Gasteiger partial charge in [0.15, 0.2) is 0 Å². The first-order chi connectivity index (χ1) is 15.2. The number of nitrogens with one attached hydrogen (secondary N) is 1. The Morgan fingerprint density at radius 2 is 1.81 bits per heavy atom. The zero-order valence-corrected chi connectivity index (χ0v) is 17.8. The van der Waals surface area contributed by atoms with E-state index in [1.807, 2.05) is 31.6 Å². The molecule has 0 atom stereocenters. The lowest BCUT2D eigenvalue weighted by Crippen LogP contribution is -2.45. The maximum absolute atomic E-state index is 12.9. The van der Waals surface area contributed by atoms with Gasteiger partial charge in [0.05, 0.1) is 25.1 Å². The van der Waals surface area contributed by atoms with Crippen LogP contribution < -0.4 is 5.32 Å². The third kappa shape index (κ3) is 4.45. The van der Waals surface area contributed by atoms with Crippen LogP contribution in [0.2, 0.25) is 0 Å². The normalized spacial score (nSPS) is 22.5. The first-order valence-electron chi connectivity index (χ1n) is 11.0. The second-order valence-corrected chi connectivity index (χ2v) is 8.53. The quantitative estimate of drug-likeness (QED) is 0.699. The highest BCUT2D eigenvalue weighted by molar-refractivity contribution is 5.94. The van der Waals surface area contributed by atoms with Crippen LogP contribution in [0.25, 0.3) is 22.0 Å². The number of pyridine rings is 2. The summed E-state index contributed by atoms with van der Waals surface area (Å²) in [6, 6.07) is 4.52. The van der Waals surface area contributed by atoms with Crippen molar-refractivity contribution in [2.45, 2.75) is 31.7 Å². The van der Waals surface area contributed by atoms with Gasteiger partial charge in [-0.15, -0.1) is 0 Å². The van der Waals surface area contributed by atoms with Crippen LogP contribution in [-0.2, 0) is 16.6 Å². The number of morpholine rings is 1. The summed E-state index contributed by atoms with van der Waals surface area (Å²) >= 11 is 0. The van der Waals surface area contributed by atoms with Crippen LogP contribution in [0.15, 0.2) is 36.9 Å². The van der Waals surface area contributed by atoms with Gasteiger partial charge < -0.3 is 10.1 Å². The molecule has 3 aromatic heterocycles. The zero-order chi connectivity index (χ0) is 21.2. The van der Waals surface area contributed by atoms with Gasteiger partial charge >= 0.3 is 0 Å². The third-order valence-corrected chi connectivity index (χ3v) is 6.48. The number of anilines is 1. The van der Waals surface area contributed by atoms with Gasteiger partial charge in [-0.25, -0.2) is 4.98 Å². The van der Waals surface area contributed by atoms with Gasteiger partial charge in [0.1, 0.15) is 5.82 Å². The SMILES string of the molecule is Cn1cc(-c2cc3cc(NC(=O)[C@H]4CC[C@H](N5CCOCC5)CC4)ncc3cn2)cn1. The highest BCUT2D eigenvalue weighted by Gasteiger charge is 2.30. The van der Waals surface area contributed by atoms with Gasteiger partial charge in [-0.05, 0) is 43.2 Å². The van der Waals surface area contributed by atoms with Gasteiger partial charge in [0, 0.05) is 61.6 Å². The largest absolute Gasteiger partial charge is 0.379 e. The Morgan fingerprint density at radius 3 is 2.55 bits per heavy atom. The van der Waals surface area contributed by atoms with E-state index in [0.29, 0.717) is 11.9 Å². The van der Waals surface area contributed by atoms with E-state index in [-0.39, 0.29) is 11.8 Å². The van der Waals surface area contributed by atoms with E-state index in [0.717, 1.165) is 74.0 Å². The second kappa shape index (κ2) is 8.72. The van der Waals surface area contributed by atoms with E-state index in [2.05, 4.69) is 25.3 Å². The Balaban J connectivity index is 1.24. The molecule has 3 aromatic rings. The molecule has 162 valence electrons. The summed E-state index contributed by atoms with van der Waals surface area (Å²) in [6.07, 6.45) is 11.3. The van der Waals surface area contributed by atoms with Crippen molar-refractivity contribution in [3.8, 4) is 11.3 Å². The molecule has 0 unspecified atom stereocenters. The van der Waals surface area contributed by atoms with E-state index in [1.54, 1.807) is 17.1 Å². The van der Waals surface area contributed by atoms with Crippen molar-refractivity contribution in [2.75, 3.05) is 31.6 Å². The summed E-state index contributed by atoms with van der Waals surface area (Å²) in [6.45, 7) is 3.68. The van der Waals surface area contributed by atoms with Crippen molar-refractivity contribution in [1.82, 2.24) is 24.6 Å². The van der Waals surface area contributed by atoms with Crippen molar-refractivity contribution in [3.05, 3.63) is 36.9 Å². The summed E-state index contributed by atoms with van der Waals surface area (Å²) in [5.74, 6) is 0.725. The standard InChI is InChI=1S/C23H28N6O2/c1-28-15-19(14-26-28)21-10-17-11-22(25-13-18(17)12-24-21)27-23(30)16-2-4-20(5-3-16)29-6-8-31-9-7-29/h10-16,20H,2-9H2,1H3,(H,25,27,30)/t16-,20-. The van der Waals surface area contributed by atoms with Crippen LogP contribution >= 0.6 is 0 Å². The third-order valence-electron chi connectivity index (χ3n) is 6.48. The number of aryl methyl sites for hydroxylation is 1. The van der Waals surface area contributed by atoms with Gasteiger partial charge in [0.25, 0.3) is 0 Å². The predicted octanol–water partition coefficient (Wildman–Crippen LogP) is 2.86. The fraction of sp³-hybridized carbons (Fsp3) is 0.478. The monoisotopic (exact) mass is 420 g/mol. The molecule has 1 amide bonds. The fourth-order valence-electron chi connectivity index (χ4n) is 4.69. The van der Waals surface area contributed by atoms with Crippen LogP contribution in [0.5, 0.6) is 0 Å². The molecule has 0 bridgehead atoms. The number of ether oxygens (including phenoxy) is 1. The molecule has 8 nitrogen and oxygen atoms in total. The first kappa shape index (κ1) is 20.1. The number of hydrogen-bond acceptors (Lipinski definition) is 6. The number of aromatic nitrogens is 4. The minimum atomic E-state index is 0.0539. The number of amides is 1. The molecule has 31 heavy (non-hydrogen) atoms. The van der Waals surface area contributed by atoms with E-state index < -0.39 is 0 Å². The fourth-order valence-corrected chi connectivity index (χ4v) is 4.69. The second-order valence-electron chi connectivity index (χ2n) is 8.53. The minimum absolute atomic E-state index is 0.0539. The summed E-state index contributed by atoms with van der Waals surface area (Å²) in [5.41, 5.74) is 1.81. The molecule has 4 heterocycles. The average Bonchev–Trinajstić information content (AvgIpc) is 3.25. The molecule has 1 N–H and O–H groups in total. The average molecular weight is 421 g/mol. The van der Waals surface area contributed by atoms with Crippen molar-refractivity contribution in [1.29, 1.82) is 0 Å². The number of nitrogens with zero attached hydrogens (tertiary/aromatic N) is 5. The van der Waals surface area contributed by atoms with Crippen molar-refractivity contribution in [2.24, 2.45) is 13.0 Å². The van der Waals surface area contributed by atoms with Crippen LogP contribution in [0.3, 0.4) is 0 Å². The number of fused-ring (bicyclic) bond motifs is 1. The summed E-state index contributed by atoms with van der Waals surface area (Å²) in [4.78, 5) is 24.3. The molecule has 1 aliphatic heterocycles. The zero-order valence-electron chi connectivity index (χ0n) is 17.8. The Morgan fingerprint density at radius 1 is 1.03 bits per heavy atom. The molecular formula is C23H28N6O2. The molecular weight excluding hydrogens is 392 g/mol. The van der Waals surface area contributed by atoms with Gasteiger partial charge in [-0.3, -0.25) is 19.4 Å². The lowest BCUT2D eigenvalue weighted by Gasteiger charge is -2.38. The number of carbonyl (C=O) groups excluding carboxylic acids is 1. The van der Waals surface area contributed by atoms with Crippen molar-refractivity contribution >= 4 is 22.5 Å². The van der Waals surface area contributed by atoms with E-state index in [4.69, 9.17) is 4.74 Å². The van der Waals surface area contributed by atoms with Crippen LogP contribution in [0, 0.1) is 5.92 Å².